The van der Waals surface area contributed by atoms with Crippen LogP contribution in [0.1, 0.15) is 22.8 Å². The molecule has 0 saturated heterocycles. The Balaban J connectivity index is 3.04. The maximum atomic E-state index is 13.5. The molecule has 1 amide bonds. The van der Waals surface area contributed by atoms with Gasteiger partial charge in [0, 0.05) is 17.7 Å². The fourth-order valence-corrected chi connectivity index (χ4v) is 1.43. The minimum atomic E-state index is -5.09. The monoisotopic (exact) mass is 308 g/mol. The van der Waals surface area contributed by atoms with Crippen molar-refractivity contribution in [2.75, 3.05) is 0 Å². The van der Waals surface area contributed by atoms with Crippen molar-refractivity contribution in [3.05, 3.63) is 35.1 Å². The topological polar surface area (TPSA) is 92.4 Å². The number of amides is 1. The zero-order valence-corrected chi connectivity index (χ0v) is 10.8. The van der Waals surface area contributed by atoms with E-state index < -0.39 is 36.0 Å². The second-order valence-corrected chi connectivity index (χ2v) is 4.45. The van der Waals surface area contributed by atoms with Gasteiger partial charge in [-0.1, -0.05) is 0 Å². The van der Waals surface area contributed by atoms with Crippen molar-refractivity contribution in [1.29, 1.82) is 0 Å². The second-order valence-electron chi connectivity index (χ2n) is 4.45. The molecule has 0 aromatic heterocycles. The van der Waals surface area contributed by atoms with Gasteiger partial charge in [-0.05, 0) is 25.1 Å². The number of alkyl halides is 3. The molecule has 116 valence electrons. The Hall–Kier alpha value is -2.16. The minimum absolute atomic E-state index is 0.0998. The van der Waals surface area contributed by atoms with Crippen LogP contribution in [0.15, 0.2) is 18.2 Å². The SMILES string of the molecule is CC(NCc1cc(C(N)=O)ccc1F)(C(=O)O)C(F)(F)F. The quantitative estimate of drug-likeness (QED) is 0.717. The Morgan fingerprint density at radius 1 is 1.33 bits per heavy atom. The van der Waals surface area contributed by atoms with Gasteiger partial charge in [0.05, 0.1) is 0 Å². The van der Waals surface area contributed by atoms with Gasteiger partial charge in [-0.15, -0.1) is 0 Å². The number of primary amides is 1. The summed E-state index contributed by atoms with van der Waals surface area (Å²) in [7, 11) is 0. The molecule has 9 heteroatoms. The largest absolute Gasteiger partial charge is 0.480 e. The summed E-state index contributed by atoms with van der Waals surface area (Å²) in [6.07, 6.45) is -5.09. The summed E-state index contributed by atoms with van der Waals surface area (Å²) < 4.78 is 51.7. The predicted molar refractivity (Wildman–Crippen MR) is 63.9 cm³/mol. The highest BCUT2D eigenvalue weighted by molar-refractivity contribution is 5.92. The van der Waals surface area contributed by atoms with Crippen LogP contribution in [-0.2, 0) is 11.3 Å². The zero-order valence-electron chi connectivity index (χ0n) is 10.8. The lowest BCUT2D eigenvalue weighted by Gasteiger charge is -2.28. The fourth-order valence-electron chi connectivity index (χ4n) is 1.43. The van der Waals surface area contributed by atoms with Crippen molar-refractivity contribution < 1.29 is 32.3 Å². The molecular formula is C12H12F4N2O3. The van der Waals surface area contributed by atoms with E-state index in [1.165, 1.54) is 0 Å². The van der Waals surface area contributed by atoms with Crippen molar-refractivity contribution in [3.63, 3.8) is 0 Å². The lowest BCUT2D eigenvalue weighted by atomic mass is 10.0. The van der Waals surface area contributed by atoms with Crippen molar-refractivity contribution in [3.8, 4) is 0 Å². The molecule has 1 atom stereocenters. The molecule has 4 N–H and O–H groups in total. The standard InChI is InChI=1S/C12H12F4N2O3/c1-11(10(20)21,12(14,15)16)18-5-7-4-6(9(17)19)2-3-8(7)13/h2-4,18H,5H2,1H3,(H2,17,19)(H,20,21). The van der Waals surface area contributed by atoms with Gasteiger partial charge in [-0.3, -0.25) is 10.1 Å². The van der Waals surface area contributed by atoms with Gasteiger partial charge in [-0.2, -0.15) is 13.2 Å². The van der Waals surface area contributed by atoms with Crippen LogP contribution >= 0.6 is 0 Å². The molecule has 1 unspecified atom stereocenters. The molecule has 0 aliphatic rings. The van der Waals surface area contributed by atoms with Gasteiger partial charge in [-0.25, -0.2) is 9.18 Å². The first kappa shape index (κ1) is 16.9. The highest BCUT2D eigenvalue weighted by Crippen LogP contribution is 2.30. The number of halogens is 4. The van der Waals surface area contributed by atoms with Crippen LogP contribution in [0.2, 0.25) is 0 Å². The summed E-state index contributed by atoms with van der Waals surface area (Å²) in [5.74, 6) is -3.92. The van der Waals surface area contributed by atoms with E-state index in [1.807, 2.05) is 0 Å². The summed E-state index contributed by atoms with van der Waals surface area (Å²) in [6.45, 7) is -0.319. The summed E-state index contributed by atoms with van der Waals surface area (Å²) in [6, 6.07) is 2.90. The first-order valence-corrected chi connectivity index (χ1v) is 5.62. The van der Waals surface area contributed by atoms with Crippen LogP contribution in [0, 0.1) is 5.82 Å². The molecule has 5 nitrogen and oxygen atoms in total. The predicted octanol–water partition coefficient (Wildman–Crippen LogP) is 1.42. The highest BCUT2D eigenvalue weighted by atomic mass is 19.4. The van der Waals surface area contributed by atoms with Crippen molar-refractivity contribution >= 4 is 11.9 Å². The van der Waals surface area contributed by atoms with E-state index in [9.17, 15) is 27.2 Å². The summed E-state index contributed by atoms with van der Waals surface area (Å²) >= 11 is 0. The first-order valence-electron chi connectivity index (χ1n) is 5.62. The number of carboxylic acid groups (broad SMARTS) is 1. The van der Waals surface area contributed by atoms with Crippen LogP contribution in [0.4, 0.5) is 17.6 Å². The van der Waals surface area contributed by atoms with Crippen LogP contribution in [-0.4, -0.2) is 28.7 Å². The number of nitrogens with one attached hydrogen (secondary N) is 1. The molecule has 0 spiro atoms. The average molecular weight is 308 g/mol. The third kappa shape index (κ3) is 3.48. The summed E-state index contributed by atoms with van der Waals surface area (Å²) in [5, 5.41) is 10.5. The maximum absolute atomic E-state index is 13.5. The number of hydrogen-bond acceptors (Lipinski definition) is 3. The minimum Gasteiger partial charge on any atom is -0.480 e. The third-order valence-electron chi connectivity index (χ3n) is 2.96. The van der Waals surface area contributed by atoms with Gasteiger partial charge < -0.3 is 10.8 Å². The molecule has 21 heavy (non-hydrogen) atoms. The molecule has 0 aliphatic carbocycles. The number of nitrogens with two attached hydrogens (primary N) is 1. The Morgan fingerprint density at radius 3 is 2.33 bits per heavy atom. The number of carboxylic acids is 1. The van der Waals surface area contributed by atoms with Crippen molar-refractivity contribution in [1.82, 2.24) is 5.32 Å². The molecule has 1 rings (SSSR count). The van der Waals surface area contributed by atoms with E-state index in [4.69, 9.17) is 10.8 Å². The van der Waals surface area contributed by atoms with E-state index in [-0.39, 0.29) is 11.1 Å². The Morgan fingerprint density at radius 2 is 1.90 bits per heavy atom. The van der Waals surface area contributed by atoms with Crippen LogP contribution in [0.3, 0.4) is 0 Å². The van der Waals surface area contributed by atoms with Crippen LogP contribution in [0.25, 0.3) is 0 Å². The number of rotatable bonds is 5. The molecule has 0 heterocycles. The van der Waals surface area contributed by atoms with Gasteiger partial charge in [0.2, 0.25) is 11.4 Å². The maximum Gasteiger partial charge on any atom is 0.417 e. The van der Waals surface area contributed by atoms with Gasteiger partial charge >= 0.3 is 12.1 Å². The number of hydrogen-bond donors (Lipinski definition) is 3. The van der Waals surface area contributed by atoms with Crippen molar-refractivity contribution in [2.24, 2.45) is 5.73 Å². The average Bonchev–Trinajstić information content (AvgIpc) is 2.35. The molecule has 0 radical (unpaired) electrons. The molecule has 0 bridgehead atoms. The molecule has 0 fully saturated rings. The molecule has 1 aromatic carbocycles. The third-order valence-corrected chi connectivity index (χ3v) is 2.96. The molecule has 0 saturated carbocycles. The van der Waals surface area contributed by atoms with E-state index in [1.54, 1.807) is 5.32 Å². The van der Waals surface area contributed by atoms with Gasteiger partial charge in [0.1, 0.15) is 5.82 Å². The highest BCUT2D eigenvalue weighted by Gasteiger charge is 2.57. The summed E-state index contributed by atoms with van der Waals surface area (Å²) in [5.41, 5.74) is 1.33. The van der Waals surface area contributed by atoms with Crippen LogP contribution < -0.4 is 11.1 Å². The number of carbonyl (C=O) groups excluding carboxylic acids is 1. The summed E-state index contributed by atoms with van der Waals surface area (Å²) in [4.78, 5) is 21.7. The van der Waals surface area contributed by atoms with Gasteiger partial charge in [0.25, 0.3) is 0 Å². The Kier molecular flexibility index (Phi) is 4.57. The first-order chi connectivity index (χ1) is 9.49. The lowest BCUT2D eigenvalue weighted by molar-refractivity contribution is -0.206. The van der Waals surface area contributed by atoms with E-state index in [2.05, 4.69) is 0 Å². The fraction of sp³-hybridized carbons (Fsp3) is 0.333. The second kappa shape index (κ2) is 5.68. The van der Waals surface area contributed by atoms with E-state index in [0.29, 0.717) is 6.92 Å². The molecule has 1 aromatic rings. The van der Waals surface area contributed by atoms with E-state index >= 15 is 0 Å². The van der Waals surface area contributed by atoms with Gasteiger partial charge in [0.15, 0.2) is 0 Å². The lowest BCUT2D eigenvalue weighted by Crippen LogP contribution is -2.59. The zero-order chi connectivity index (χ0) is 16.4. The number of aliphatic carboxylic acids is 1. The molecule has 0 aliphatic heterocycles. The smallest absolute Gasteiger partial charge is 0.417 e. The van der Waals surface area contributed by atoms with Crippen LogP contribution in [0.5, 0.6) is 0 Å². The number of benzene rings is 1. The Bertz CT molecular complexity index is 574. The number of carbonyl (C=O) groups is 2. The normalized spacial score (nSPS) is 14.5. The van der Waals surface area contributed by atoms with E-state index in [0.717, 1.165) is 18.2 Å². The molecular weight excluding hydrogens is 296 g/mol. The van der Waals surface area contributed by atoms with Crippen molar-refractivity contribution in [2.45, 2.75) is 25.2 Å². The Labute approximate surface area is 116 Å².